The van der Waals surface area contributed by atoms with Gasteiger partial charge < -0.3 is 10.6 Å². The van der Waals surface area contributed by atoms with Crippen molar-refractivity contribution >= 4 is 17.5 Å². The first-order valence-electron chi connectivity index (χ1n) is 6.43. The number of halogens is 1. The van der Waals surface area contributed by atoms with E-state index in [-0.39, 0.29) is 17.9 Å². The number of rotatable bonds is 3. The molecule has 0 bridgehead atoms. The quantitative estimate of drug-likeness (QED) is 0.882. The molecule has 1 unspecified atom stereocenters. The van der Waals surface area contributed by atoms with Gasteiger partial charge in [0, 0.05) is 17.6 Å². The van der Waals surface area contributed by atoms with Crippen LogP contribution in [0.25, 0.3) is 0 Å². The summed E-state index contributed by atoms with van der Waals surface area (Å²) in [7, 11) is 0. The van der Waals surface area contributed by atoms with Gasteiger partial charge in [0.15, 0.2) is 0 Å². The monoisotopic (exact) mass is 266 g/mol. The average Bonchev–Trinajstić information content (AvgIpc) is 2.39. The molecule has 0 radical (unpaired) electrons. The van der Waals surface area contributed by atoms with Crippen molar-refractivity contribution in [1.82, 2.24) is 10.6 Å². The highest BCUT2D eigenvalue weighted by Gasteiger charge is 2.20. The summed E-state index contributed by atoms with van der Waals surface area (Å²) in [6, 6.07) is 7.75. The Balaban J connectivity index is 1.95. The molecule has 0 aromatic heterocycles. The van der Waals surface area contributed by atoms with Crippen molar-refractivity contribution < 1.29 is 4.79 Å². The summed E-state index contributed by atoms with van der Waals surface area (Å²) in [5.74, 6) is -0.0865. The molecule has 2 N–H and O–H groups in total. The number of hydrogen-bond acceptors (Lipinski definition) is 2. The SMILES string of the molecule is CC(C(=O)N[C@H]1CCCNC1)c1cccc(Cl)c1. The maximum atomic E-state index is 12.1. The third-order valence-electron chi connectivity index (χ3n) is 3.39. The molecule has 98 valence electrons. The summed E-state index contributed by atoms with van der Waals surface area (Å²) in [5, 5.41) is 7.06. The lowest BCUT2D eigenvalue weighted by Crippen LogP contribution is -2.46. The van der Waals surface area contributed by atoms with Gasteiger partial charge in [-0.05, 0) is 44.0 Å². The topological polar surface area (TPSA) is 41.1 Å². The minimum atomic E-state index is -0.161. The van der Waals surface area contributed by atoms with Crippen LogP contribution in [-0.2, 0) is 4.79 Å². The van der Waals surface area contributed by atoms with E-state index in [0.717, 1.165) is 31.5 Å². The van der Waals surface area contributed by atoms with E-state index in [2.05, 4.69) is 10.6 Å². The molecular weight excluding hydrogens is 248 g/mol. The van der Waals surface area contributed by atoms with Crippen LogP contribution in [0.1, 0.15) is 31.2 Å². The molecule has 1 aliphatic rings. The van der Waals surface area contributed by atoms with Gasteiger partial charge in [0.2, 0.25) is 5.91 Å². The van der Waals surface area contributed by atoms with Crippen molar-refractivity contribution in [2.24, 2.45) is 0 Å². The predicted molar refractivity (Wildman–Crippen MR) is 73.9 cm³/mol. The van der Waals surface area contributed by atoms with Crippen molar-refractivity contribution in [3.8, 4) is 0 Å². The second-order valence-electron chi connectivity index (χ2n) is 4.83. The van der Waals surface area contributed by atoms with Crippen LogP contribution in [0.15, 0.2) is 24.3 Å². The minimum Gasteiger partial charge on any atom is -0.352 e. The molecule has 0 spiro atoms. The fourth-order valence-corrected chi connectivity index (χ4v) is 2.43. The highest BCUT2D eigenvalue weighted by molar-refractivity contribution is 6.30. The minimum absolute atomic E-state index is 0.0750. The average molecular weight is 267 g/mol. The molecule has 2 atom stereocenters. The van der Waals surface area contributed by atoms with Crippen LogP contribution in [0, 0.1) is 0 Å². The normalized spacial score (nSPS) is 21.3. The summed E-state index contributed by atoms with van der Waals surface area (Å²) in [5.41, 5.74) is 0.962. The third-order valence-corrected chi connectivity index (χ3v) is 3.62. The van der Waals surface area contributed by atoms with E-state index < -0.39 is 0 Å². The van der Waals surface area contributed by atoms with Crippen LogP contribution in [-0.4, -0.2) is 25.0 Å². The summed E-state index contributed by atoms with van der Waals surface area (Å²) < 4.78 is 0. The Morgan fingerprint density at radius 3 is 3.06 bits per heavy atom. The van der Waals surface area contributed by atoms with E-state index >= 15 is 0 Å². The van der Waals surface area contributed by atoms with Gasteiger partial charge in [-0.15, -0.1) is 0 Å². The van der Waals surface area contributed by atoms with E-state index in [1.165, 1.54) is 0 Å². The lowest BCUT2D eigenvalue weighted by Gasteiger charge is -2.25. The number of benzene rings is 1. The van der Waals surface area contributed by atoms with Gasteiger partial charge in [-0.2, -0.15) is 0 Å². The number of carbonyl (C=O) groups is 1. The molecule has 0 aliphatic carbocycles. The second kappa shape index (κ2) is 6.21. The van der Waals surface area contributed by atoms with E-state index in [1.54, 1.807) is 0 Å². The van der Waals surface area contributed by atoms with Crippen LogP contribution in [0.3, 0.4) is 0 Å². The summed E-state index contributed by atoms with van der Waals surface area (Å²) in [6.07, 6.45) is 2.18. The number of piperidine rings is 1. The molecule has 1 amide bonds. The third kappa shape index (κ3) is 3.47. The molecule has 1 heterocycles. The van der Waals surface area contributed by atoms with Crippen LogP contribution < -0.4 is 10.6 Å². The van der Waals surface area contributed by atoms with E-state index in [4.69, 9.17) is 11.6 Å². The Morgan fingerprint density at radius 1 is 1.56 bits per heavy atom. The van der Waals surface area contributed by atoms with Gasteiger partial charge in [0.25, 0.3) is 0 Å². The summed E-state index contributed by atoms with van der Waals surface area (Å²) >= 11 is 5.94. The highest BCUT2D eigenvalue weighted by Crippen LogP contribution is 2.19. The first kappa shape index (κ1) is 13.4. The van der Waals surface area contributed by atoms with Crippen molar-refractivity contribution in [3.05, 3.63) is 34.9 Å². The van der Waals surface area contributed by atoms with Gasteiger partial charge in [-0.3, -0.25) is 4.79 Å². The van der Waals surface area contributed by atoms with Crippen LogP contribution >= 0.6 is 11.6 Å². The van der Waals surface area contributed by atoms with Gasteiger partial charge in [-0.25, -0.2) is 0 Å². The molecule has 2 rings (SSSR count). The van der Waals surface area contributed by atoms with Gasteiger partial charge in [0.05, 0.1) is 5.92 Å². The zero-order valence-corrected chi connectivity index (χ0v) is 11.3. The van der Waals surface area contributed by atoms with E-state index in [0.29, 0.717) is 5.02 Å². The first-order valence-corrected chi connectivity index (χ1v) is 6.81. The fraction of sp³-hybridized carbons (Fsp3) is 0.500. The van der Waals surface area contributed by atoms with Crippen molar-refractivity contribution in [3.63, 3.8) is 0 Å². The Morgan fingerprint density at radius 2 is 2.39 bits per heavy atom. The maximum absolute atomic E-state index is 12.1. The van der Waals surface area contributed by atoms with Crippen molar-refractivity contribution in [2.45, 2.75) is 31.7 Å². The van der Waals surface area contributed by atoms with Crippen molar-refractivity contribution in [1.29, 1.82) is 0 Å². The number of nitrogens with one attached hydrogen (secondary N) is 2. The largest absolute Gasteiger partial charge is 0.352 e. The second-order valence-corrected chi connectivity index (χ2v) is 5.26. The summed E-state index contributed by atoms with van der Waals surface area (Å²) in [6.45, 7) is 3.83. The molecule has 0 saturated carbocycles. The summed E-state index contributed by atoms with van der Waals surface area (Å²) in [4.78, 5) is 12.1. The van der Waals surface area contributed by atoms with Crippen LogP contribution in [0.4, 0.5) is 0 Å². The molecule has 4 heteroatoms. The standard InChI is InChI=1S/C14H19ClN2O/c1-10(11-4-2-5-12(15)8-11)14(18)17-13-6-3-7-16-9-13/h2,4-5,8,10,13,16H,3,6-7,9H2,1H3,(H,17,18)/t10?,13-/m0/s1. The molecule has 1 aliphatic heterocycles. The Kier molecular flexibility index (Phi) is 4.61. The van der Waals surface area contributed by atoms with Crippen molar-refractivity contribution in [2.75, 3.05) is 13.1 Å². The van der Waals surface area contributed by atoms with Gasteiger partial charge in [-0.1, -0.05) is 23.7 Å². The Labute approximate surface area is 113 Å². The molecule has 18 heavy (non-hydrogen) atoms. The lowest BCUT2D eigenvalue weighted by molar-refractivity contribution is -0.123. The van der Waals surface area contributed by atoms with E-state index in [9.17, 15) is 4.79 Å². The highest BCUT2D eigenvalue weighted by atomic mass is 35.5. The zero-order chi connectivity index (χ0) is 13.0. The number of hydrogen-bond donors (Lipinski definition) is 2. The lowest BCUT2D eigenvalue weighted by atomic mass is 9.99. The maximum Gasteiger partial charge on any atom is 0.227 e. The van der Waals surface area contributed by atoms with Crippen LogP contribution in [0.5, 0.6) is 0 Å². The van der Waals surface area contributed by atoms with E-state index in [1.807, 2.05) is 31.2 Å². The predicted octanol–water partition coefficient (Wildman–Crippen LogP) is 2.31. The Hall–Kier alpha value is -1.06. The smallest absolute Gasteiger partial charge is 0.227 e. The first-order chi connectivity index (χ1) is 8.66. The van der Waals surface area contributed by atoms with Gasteiger partial charge in [0.1, 0.15) is 0 Å². The zero-order valence-electron chi connectivity index (χ0n) is 10.6. The van der Waals surface area contributed by atoms with Gasteiger partial charge >= 0.3 is 0 Å². The molecule has 3 nitrogen and oxygen atoms in total. The number of carbonyl (C=O) groups excluding carboxylic acids is 1. The fourth-order valence-electron chi connectivity index (χ4n) is 2.23. The Bertz CT molecular complexity index is 416. The molecule has 1 aromatic carbocycles. The molecular formula is C14H19ClN2O. The number of amides is 1. The molecule has 1 aromatic rings. The molecule has 1 saturated heterocycles. The molecule has 1 fully saturated rings. The van der Waals surface area contributed by atoms with Crippen LogP contribution in [0.2, 0.25) is 5.02 Å².